The number of amidine groups is 1. The van der Waals surface area contributed by atoms with Crippen molar-refractivity contribution in [1.82, 2.24) is 0 Å². The van der Waals surface area contributed by atoms with Gasteiger partial charge in [0.15, 0.2) is 5.17 Å². The number of nitrogens with two attached hydrogens (primary N) is 1. The van der Waals surface area contributed by atoms with Gasteiger partial charge in [-0.3, -0.25) is 0 Å². The van der Waals surface area contributed by atoms with Gasteiger partial charge in [0.05, 0.1) is 0 Å². The second kappa shape index (κ2) is 5.62. The van der Waals surface area contributed by atoms with Gasteiger partial charge in [-0.1, -0.05) is 18.7 Å². The molecule has 0 rings (SSSR count). The third-order valence-electron chi connectivity index (χ3n) is 0.630. The van der Waals surface area contributed by atoms with Gasteiger partial charge in [-0.15, -0.1) is 5.10 Å². The predicted octanol–water partition coefficient (Wildman–Crippen LogP) is 1.06. The second-order valence-corrected chi connectivity index (χ2v) is 2.18. The lowest BCUT2D eigenvalue weighted by Crippen LogP contribution is -2.03. The summed E-state index contributed by atoms with van der Waals surface area (Å²) in [6, 6.07) is 0. The van der Waals surface area contributed by atoms with Gasteiger partial charge in [-0.2, -0.15) is 5.10 Å². The Balaban J connectivity index is 3.55. The lowest BCUT2D eigenvalue weighted by molar-refractivity contribution is 1.20. The average Bonchev–Trinajstić information content (AvgIpc) is 1.89. The normalized spacial score (nSPS) is 12.9. The highest BCUT2D eigenvalue weighted by molar-refractivity contribution is 8.13. The van der Waals surface area contributed by atoms with E-state index in [-0.39, 0.29) is 0 Å². The summed E-state index contributed by atoms with van der Waals surface area (Å²) in [6.07, 6.45) is 4.47. The molecule has 52 valence electrons. The van der Waals surface area contributed by atoms with Crippen molar-refractivity contribution in [3.63, 3.8) is 0 Å². The van der Waals surface area contributed by atoms with E-state index in [2.05, 4.69) is 10.2 Å². The highest BCUT2D eigenvalue weighted by Crippen LogP contribution is 1.90. The Hall–Kier alpha value is -0.510. The van der Waals surface area contributed by atoms with E-state index >= 15 is 0 Å². The lowest BCUT2D eigenvalue weighted by Gasteiger charge is -1.85. The third-order valence-corrected chi connectivity index (χ3v) is 1.13. The number of nitrogens with zero attached hydrogens (tertiary/aromatic N) is 2. The van der Waals surface area contributed by atoms with Gasteiger partial charge in [0.2, 0.25) is 0 Å². The second-order valence-electron chi connectivity index (χ2n) is 1.35. The first-order valence-corrected chi connectivity index (χ1v) is 3.92. The Morgan fingerprint density at radius 3 is 2.89 bits per heavy atom. The van der Waals surface area contributed by atoms with Gasteiger partial charge in [0.25, 0.3) is 0 Å². The van der Waals surface area contributed by atoms with Gasteiger partial charge >= 0.3 is 0 Å². The van der Waals surface area contributed by atoms with E-state index in [1.54, 1.807) is 6.21 Å². The van der Waals surface area contributed by atoms with Crippen LogP contribution in [0, 0.1) is 0 Å². The molecule has 0 saturated carbocycles. The van der Waals surface area contributed by atoms with E-state index in [1.165, 1.54) is 11.8 Å². The zero-order valence-corrected chi connectivity index (χ0v) is 6.48. The molecule has 0 unspecified atom stereocenters. The van der Waals surface area contributed by atoms with Crippen LogP contribution in [-0.2, 0) is 0 Å². The molecule has 4 heteroatoms. The largest absolute Gasteiger partial charge is 0.377 e. The minimum absolute atomic E-state index is 0.500. The minimum Gasteiger partial charge on any atom is -0.377 e. The molecule has 0 aromatic rings. The summed E-state index contributed by atoms with van der Waals surface area (Å²) in [6.45, 7) is 1.99. The molecule has 0 bridgehead atoms. The van der Waals surface area contributed by atoms with Gasteiger partial charge in [0.1, 0.15) is 0 Å². The molecule has 0 heterocycles. The predicted molar refractivity (Wildman–Crippen MR) is 43.9 cm³/mol. The van der Waals surface area contributed by atoms with Crippen LogP contribution in [0.3, 0.4) is 0 Å². The smallest absolute Gasteiger partial charge is 0.180 e. The third kappa shape index (κ3) is 5.36. The molecule has 0 aromatic heterocycles. The highest BCUT2D eigenvalue weighted by atomic mass is 32.2. The van der Waals surface area contributed by atoms with Gasteiger partial charge in [-0.25, -0.2) is 0 Å². The first-order valence-electron chi connectivity index (χ1n) is 2.70. The average molecular weight is 145 g/mol. The SMILES string of the molecule is CCC=NN=C(N)SC. The Morgan fingerprint density at radius 1 is 1.78 bits per heavy atom. The first kappa shape index (κ1) is 8.49. The molecule has 0 spiro atoms. The lowest BCUT2D eigenvalue weighted by atomic mass is 10.6. The quantitative estimate of drug-likeness (QED) is 0.359. The van der Waals surface area contributed by atoms with E-state index in [4.69, 9.17) is 5.73 Å². The summed E-state index contributed by atoms with van der Waals surface area (Å²) >= 11 is 1.39. The fourth-order valence-electron chi connectivity index (χ4n) is 0.220. The number of thioether (sulfide) groups is 1. The Kier molecular flexibility index (Phi) is 5.30. The van der Waals surface area contributed by atoms with Crippen LogP contribution in [0.2, 0.25) is 0 Å². The maximum absolute atomic E-state index is 5.31. The molecule has 0 atom stereocenters. The maximum atomic E-state index is 5.31. The Bertz CT molecular complexity index is 119. The Morgan fingerprint density at radius 2 is 2.44 bits per heavy atom. The summed E-state index contributed by atoms with van der Waals surface area (Å²) < 4.78 is 0. The molecular weight excluding hydrogens is 134 g/mol. The molecule has 0 radical (unpaired) electrons. The summed E-state index contributed by atoms with van der Waals surface area (Å²) in [4.78, 5) is 0. The molecule has 2 N–H and O–H groups in total. The van der Waals surface area contributed by atoms with Crippen LogP contribution >= 0.6 is 11.8 Å². The summed E-state index contributed by atoms with van der Waals surface area (Å²) in [7, 11) is 0. The van der Waals surface area contributed by atoms with Crippen LogP contribution in [-0.4, -0.2) is 17.6 Å². The number of rotatable bonds is 2. The van der Waals surface area contributed by atoms with Crippen LogP contribution in [0.1, 0.15) is 13.3 Å². The number of hydrogen-bond donors (Lipinski definition) is 1. The fraction of sp³-hybridized carbons (Fsp3) is 0.600. The van der Waals surface area contributed by atoms with Crippen molar-refractivity contribution in [3.05, 3.63) is 0 Å². The molecular formula is C5H11N3S. The van der Waals surface area contributed by atoms with Crippen LogP contribution in [0.15, 0.2) is 10.2 Å². The molecule has 0 aromatic carbocycles. The van der Waals surface area contributed by atoms with Crippen molar-refractivity contribution in [2.45, 2.75) is 13.3 Å². The van der Waals surface area contributed by atoms with E-state index in [1.807, 2.05) is 13.2 Å². The molecule has 0 aliphatic rings. The van der Waals surface area contributed by atoms with Crippen molar-refractivity contribution < 1.29 is 0 Å². The van der Waals surface area contributed by atoms with Crippen molar-refractivity contribution in [3.8, 4) is 0 Å². The topological polar surface area (TPSA) is 50.7 Å². The van der Waals surface area contributed by atoms with Crippen molar-refractivity contribution in [1.29, 1.82) is 0 Å². The van der Waals surface area contributed by atoms with Crippen molar-refractivity contribution in [2.24, 2.45) is 15.9 Å². The van der Waals surface area contributed by atoms with Crippen molar-refractivity contribution in [2.75, 3.05) is 6.26 Å². The van der Waals surface area contributed by atoms with Crippen LogP contribution in [0.25, 0.3) is 0 Å². The Labute approximate surface area is 59.4 Å². The standard InChI is InChI=1S/C5H11N3S/c1-3-4-7-8-5(6)9-2/h4H,3H2,1-2H3,(H2,6,8). The first-order chi connectivity index (χ1) is 4.31. The maximum Gasteiger partial charge on any atom is 0.180 e. The fourth-order valence-corrected chi connectivity index (χ4v) is 0.349. The zero-order valence-electron chi connectivity index (χ0n) is 5.66. The molecule has 3 nitrogen and oxygen atoms in total. The highest BCUT2D eigenvalue weighted by Gasteiger charge is 1.80. The molecule has 0 amide bonds. The molecule has 0 aliphatic heterocycles. The molecule has 0 fully saturated rings. The van der Waals surface area contributed by atoms with Crippen LogP contribution < -0.4 is 5.73 Å². The van der Waals surface area contributed by atoms with Crippen LogP contribution in [0.4, 0.5) is 0 Å². The van der Waals surface area contributed by atoms with E-state index in [9.17, 15) is 0 Å². The molecule has 9 heavy (non-hydrogen) atoms. The van der Waals surface area contributed by atoms with Gasteiger partial charge < -0.3 is 5.73 Å². The van der Waals surface area contributed by atoms with Crippen molar-refractivity contribution >= 4 is 23.1 Å². The summed E-state index contributed by atoms with van der Waals surface area (Å²) in [5.41, 5.74) is 5.31. The summed E-state index contributed by atoms with van der Waals surface area (Å²) in [5, 5.41) is 7.84. The minimum atomic E-state index is 0.500. The summed E-state index contributed by atoms with van der Waals surface area (Å²) in [5.74, 6) is 0. The van der Waals surface area contributed by atoms with Gasteiger partial charge in [-0.05, 0) is 12.7 Å². The monoisotopic (exact) mass is 145 g/mol. The molecule has 0 aliphatic carbocycles. The van der Waals surface area contributed by atoms with E-state index < -0.39 is 0 Å². The molecule has 0 saturated heterocycles. The zero-order chi connectivity index (χ0) is 7.11. The number of hydrogen-bond acceptors (Lipinski definition) is 3. The van der Waals surface area contributed by atoms with Crippen LogP contribution in [0.5, 0.6) is 0 Å². The van der Waals surface area contributed by atoms with E-state index in [0.717, 1.165) is 6.42 Å². The van der Waals surface area contributed by atoms with Gasteiger partial charge in [0, 0.05) is 6.21 Å². The van der Waals surface area contributed by atoms with E-state index in [0.29, 0.717) is 5.17 Å².